The van der Waals surface area contributed by atoms with Gasteiger partial charge in [-0.05, 0) is 31.9 Å². The van der Waals surface area contributed by atoms with Crippen molar-refractivity contribution in [3.63, 3.8) is 0 Å². The minimum Gasteiger partial charge on any atom is -0.494 e. The third-order valence-electron chi connectivity index (χ3n) is 5.02. The van der Waals surface area contributed by atoms with Gasteiger partial charge in [0.05, 0.1) is 24.3 Å². The molecule has 0 aliphatic carbocycles. The number of nitrogens with zero attached hydrogens (tertiary/aromatic N) is 4. The quantitative estimate of drug-likeness (QED) is 0.562. The van der Waals surface area contributed by atoms with Crippen LogP contribution < -0.4 is 9.47 Å². The smallest absolute Gasteiger partial charge is 0.158 e. The first-order valence-corrected chi connectivity index (χ1v) is 9.70. The molecule has 0 fully saturated rings. The summed E-state index contributed by atoms with van der Waals surface area (Å²) in [5.74, 6) is 2.20. The summed E-state index contributed by atoms with van der Waals surface area (Å²) in [6, 6.07) is 8.86. The van der Waals surface area contributed by atoms with Crippen LogP contribution in [0.1, 0.15) is 19.8 Å². The molecule has 29 heavy (non-hydrogen) atoms. The van der Waals surface area contributed by atoms with E-state index in [1.807, 2.05) is 25.1 Å². The average Bonchev–Trinajstić information content (AvgIpc) is 3.34. The Hall–Kier alpha value is -3.42. The SMILES string of the molecule is CCOc1cc2c3c(c1)nc(-c1ccc(-c4ncn[nH]4)c(F)c1)n3CCCCO2. The number of halogens is 1. The van der Waals surface area contributed by atoms with Crippen LogP contribution in [-0.4, -0.2) is 37.9 Å². The average molecular weight is 393 g/mol. The fraction of sp³-hybridized carbons (Fsp3) is 0.286. The van der Waals surface area contributed by atoms with Crippen LogP contribution in [0, 0.1) is 5.82 Å². The van der Waals surface area contributed by atoms with Gasteiger partial charge in [0, 0.05) is 24.2 Å². The van der Waals surface area contributed by atoms with Crippen molar-refractivity contribution in [3.05, 3.63) is 42.5 Å². The first kappa shape index (κ1) is 17.7. The molecular weight excluding hydrogens is 373 g/mol. The maximum Gasteiger partial charge on any atom is 0.158 e. The van der Waals surface area contributed by atoms with E-state index < -0.39 is 0 Å². The third-order valence-corrected chi connectivity index (χ3v) is 5.02. The van der Waals surface area contributed by atoms with Crippen molar-refractivity contribution in [1.29, 1.82) is 0 Å². The number of aromatic amines is 1. The topological polar surface area (TPSA) is 77.9 Å². The Balaban J connectivity index is 1.67. The molecule has 0 amide bonds. The number of rotatable bonds is 4. The first-order chi connectivity index (χ1) is 14.2. The zero-order valence-electron chi connectivity index (χ0n) is 16.0. The summed E-state index contributed by atoms with van der Waals surface area (Å²) >= 11 is 0. The van der Waals surface area contributed by atoms with Gasteiger partial charge >= 0.3 is 0 Å². The number of aryl methyl sites for hydroxylation is 1. The summed E-state index contributed by atoms with van der Waals surface area (Å²) in [6.45, 7) is 3.96. The normalized spacial score (nSPS) is 13.7. The summed E-state index contributed by atoms with van der Waals surface area (Å²) in [5, 5.41) is 6.49. The molecule has 1 aliphatic heterocycles. The largest absolute Gasteiger partial charge is 0.494 e. The highest BCUT2D eigenvalue weighted by molar-refractivity contribution is 5.88. The highest BCUT2D eigenvalue weighted by Gasteiger charge is 2.21. The lowest BCUT2D eigenvalue weighted by Crippen LogP contribution is -2.09. The number of nitrogens with one attached hydrogen (secondary N) is 1. The number of aromatic nitrogens is 5. The van der Waals surface area contributed by atoms with Gasteiger partial charge < -0.3 is 14.0 Å². The fourth-order valence-electron chi connectivity index (χ4n) is 3.74. The number of H-pyrrole nitrogens is 1. The molecule has 0 saturated heterocycles. The van der Waals surface area contributed by atoms with Crippen LogP contribution in [0.2, 0.25) is 0 Å². The van der Waals surface area contributed by atoms with Gasteiger partial charge in [0.15, 0.2) is 5.82 Å². The summed E-state index contributed by atoms with van der Waals surface area (Å²) < 4.78 is 28.6. The summed E-state index contributed by atoms with van der Waals surface area (Å²) in [6.07, 6.45) is 3.26. The maximum atomic E-state index is 14.8. The highest BCUT2D eigenvalue weighted by Crippen LogP contribution is 2.37. The molecule has 1 N–H and O–H groups in total. The van der Waals surface area contributed by atoms with Crippen LogP contribution in [0.5, 0.6) is 11.5 Å². The van der Waals surface area contributed by atoms with E-state index in [2.05, 4.69) is 19.7 Å². The molecule has 7 nitrogen and oxygen atoms in total. The number of imidazole rings is 1. The zero-order valence-corrected chi connectivity index (χ0v) is 16.0. The van der Waals surface area contributed by atoms with Crippen molar-refractivity contribution in [1.82, 2.24) is 24.7 Å². The second-order valence-corrected chi connectivity index (χ2v) is 6.89. The van der Waals surface area contributed by atoms with Crippen LogP contribution in [0.4, 0.5) is 4.39 Å². The van der Waals surface area contributed by atoms with Gasteiger partial charge in [-0.3, -0.25) is 5.10 Å². The number of ether oxygens (including phenoxy) is 2. The molecule has 0 unspecified atom stereocenters. The van der Waals surface area contributed by atoms with Crippen molar-refractivity contribution in [2.75, 3.05) is 13.2 Å². The molecule has 3 heterocycles. The van der Waals surface area contributed by atoms with Crippen LogP contribution in [0.3, 0.4) is 0 Å². The van der Waals surface area contributed by atoms with Gasteiger partial charge in [0.1, 0.15) is 35.0 Å². The van der Waals surface area contributed by atoms with E-state index in [-0.39, 0.29) is 5.82 Å². The summed E-state index contributed by atoms with van der Waals surface area (Å²) in [4.78, 5) is 8.85. The van der Waals surface area contributed by atoms with Crippen LogP contribution in [0.25, 0.3) is 33.8 Å². The number of benzene rings is 2. The predicted molar refractivity (Wildman–Crippen MR) is 106 cm³/mol. The third kappa shape index (κ3) is 3.10. The lowest BCUT2D eigenvalue weighted by atomic mass is 10.1. The van der Waals surface area contributed by atoms with Crippen molar-refractivity contribution in [2.45, 2.75) is 26.3 Å². The predicted octanol–water partition coefficient (Wildman–Crippen LogP) is 4.20. The molecule has 2 aromatic carbocycles. The second kappa shape index (κ2) is 7.20. The Bertz CT molecular complexity index is 1170. The molecular formula is C21H20FN5O2. The van der Waals surface area contributed by atoms with Gasteiger partial charge in [0.2, 0.25) is 0 Å². The van der Waals surface area contributed by atoms with Crippen molar-refractivity contribution in [2.24, 2.45) is 0 Å². The molecule has 0 atom stereocenters. The molecule has 2 aromatic heterocycles. The second-order valence-electron chi connectivity index (χ2n) is 6.89. The van der Waals surface area contributed by atoms with Gasteiger partial charge in [-0.25, -0.2) is 14.4 Å². The molecule has 5 rings (SSSR count). The van der Waals surface area contributed by atoms with Crippen LogP contribution in [-0.2, 0) is 6.54 Å². The number of hydrogen-bond donors (Lipinski definition) is 1. The molecule has 0 saturated carbocycles. The monoisotopic (exact) mass is 393 g/mol. The van der Waals surface area contributed by atoms with E-state index in [4.69, 9.17) is 14.5 Å². The lowest BCUT2D eigenvalue weighted by Gasteiger charge is -2.17. The summed E-state index contributed by atoms with van der Waals surface area (Å²) in [7, 11) is 0. The first-order valence-electron chi connectivity index (χ1n) is 9.70. The van der Waals surface area contributed by atoms with E-state index in [0.717, 1.165) is 41.9 Å². The minimum absolute atomic E-state index is 0.373. The fourth-order valence-corrected chi connectivity index (χ4v) is 3.74. The van der Waals surface area contributed by atoms with E-state index >= 15 is 0 Å². The van der Waals surface area contributed by atoms with E-state index in [9.17, 15) is 4.39 Å². The highest BCUT2D eigenvalue weighted by atomic mass is 19.1. The Morgan fingerprint density at radius 3 is 2.97 bits per heavy atom. The lowest BCUT2D eigenvalue weighted by molar-refractivity contribution is 0.294. The van der Waals surface area contributed by atoms with Crippen LogP contribution >= 0.6 is 0 Å². The van der Waals surface area contributed by atoms with Crippen molar-refractivity contribution >= 4 is 11.0 Å². The molecule has 1 aliphatic rings. The van der Waals surface area contributed by atoms with Gasteiger partial charge in [-0.15, -0.1) is 0 Å². The molecule has 8 heteroatoms. The molecule has 0 radical (unpaired) electrons. The van der Waals surface area contributed by atoms with E-state index in [0.29, 0.717) is 36.0 Å². The zero-order chi connectivity index (χ0) is 19.8. The van der Waals surface area contributed by atoms with Gasteiger partial charge in [-0.2, -0.15) is 5.10 Å². The molecule has 0 spiro atoms. The van der Waals surface area contributed by atoms with E-state index in [1.165, 1.54) is 12.4 Å². The van der Waals surface area contributed by atoms with E-state index in [1.54, 1.807) is 6.07 Å². The van der Waals surface area contributed by atoms with Crippen LogP contribution in [0.15, 0.2) is 36.7 Å². The Kier molecular flexibility index (Phi) is 4.38. The molecule has 4 aromatic rings. The van der Waals surface area contributed by atoms with Crippen molar-refractivity contribution in [3.8, 4) is 34.3 Å². The molecule has 148 valence electrons. The van der Waals surface area contributed by atoms with Gasteiger partial charge in [-0.1, -0.05) is 6.07 Å². The van der Waals surface area contributed by atoms with Gasteiger partial charge in [0.25, 0.3) is 0 Å². The Labute approximate surface area is 166 Å². The molecule has 0 bridgehead atoms. The minimum atomic E-state index is -0.378. The van der Waals surface area contributed by atoms with Crippen molar-refractivity contribution < 1.29 is 13.9 Å². The summed E-state index contributed by atoms with van der Waals surface area (Å²) in [5.41, 5.74) is 2.77. The maximum absolute atomic E-state index is 14.8. The standard InChI is InChI=1S/C21H20FN5O2/c1-2-28-14-10-17-19-18(11-14)29-8-4-3-7-27(19)21(25-17)13-5-6-15(16(22)9-13)20-23-12-24-26-20/h5-6,9-12H,2-4,7-8H2,1H3,(H,23,24,26). The Morgan fingerprint density at radius 1 is 1.24 bits per heavy atom. The Morgan fingerprint density at radius 2 is 2.17 bits per heavy atom. The number of hydrogen-bond acceptors (Lipinski definition) is 5.